The summed E-state index contributed by atoms with van der Waals surface area (Å²) >= 11 is 1.37. The van der Waals surface area contributed by atoms with Gasteiger partial charge in [0.1, 0.15) is 5.75 Å². The van der Waals surface area contributed by atoms with E-state index >= 15 is 0 Å². The zero-order chi connectivity index (χ0) is 26.6. The number of aromatic nitrogens is 3. The van der Waals surface area contributed by atoms with Gasteiger partial charge < -0.3 is 14.5 Å². The molecule has 9 heteroatoms. The third-order valence-corrected chi connectivity index (χ3v) is 7.20. The van der Waals surface area contributed by atoms with Gasteiger partial charge in [-0.1, -0.05) is 62.9 Å². The molecule has 196 valence electrons. The molecular weight excluding hydrogens is 486 g/mol. The van der Waals surface area contributed by atoms with Gasteiger partial charge in [-0.2, -0.15) is 0 Å². The summed E-state index contributed by atoms with van der Waals surface area (Å²) in [6, 6.07) is 17.6. The highest BCUT2D eigenvalue weighted by atomic mass is 32.2. The van der Waals surface area contributed by atoms with Gasteiger partial charge in [-0.3, -0.25) is 14.2 Å². The van der Waals surface area contributed by atoms with E-state index in [-0.39, 0.29) is 29.0 Å². The first-order valence-electron chi connectivity index (χ1n) is 12.5. The number of piperazine rings is 1. The molecule has 0 spiro atoms. The summed E-state index contributed by atoms with van der Waals surface area (Å²) in [6.45, 7) is 9.86. The molecule has 2 amide bonds. The molecule has 1 aliphatic rings. The SMILES string of the molecule is COc1cccc(-c2nnc(SCC(=O)N3CCN(C(=O)CC(C)(C)C)C(C)C3)n2-c2ccccc2)c1. The lowest BCUT2D eigenvalue weighted by Gasteiger charge is -2.40. The molecule has 2 heterocycles. The highest BCUT2D eigenvalue weighted by Gasteiger charge is 2.31. The van der Waals surface area contributed by atoms with Crippen molar-refractivity contribution < 1.29 is 14.3 Å². The van der Waals surface area contributed by atoms with E-state index in [0.717, 1.165) is 17.0 Å². The van der Waals surface area contributed by atoms with Crippen LogP contribution in [0.15, 0.2) is 59.8 Å². The lowest BCUT2D eigenvalue weighted by Crippen LogP contribution is -2.56. The summed E-state index contributed by atoms with van der Waals surface area (Å²) in [7, 11) is 1.63. The number of nitrogens with zero attached hydrogens (tertiary/aromatic N) is 5. The van der Waals surface area contributed by atoms with E-state index in [9.17, 15) is 9.59 Å². The minimum atomic E-state index is -0.0567. The Kier molecular flexibility index (Phi) is 8.22. The summed E-state index contributed by atoms with van der Waals surface area (Å²) in [5, 5.41) is 9.55. The van der Waals surface area contributed by atoms with Crippen LogP contribution in [0.2, 0.25) is 0 Å². The molecule has 1 atom stereocenters. The van der Waals surface area contributed by atoms with Gasteiger partial charge in [-0.15, -0.1) is 10.2 Å². The fourth-order valence-electron chi connectivity index (χ4n) is 4.45. The second-order valence-corrected chi connectivity index (χ2v) is 11.5. The van der Waals surface area contributed by atoms with Crippen molar-refractivity contribution >= 4 is 23.6 Å². The third-order valence-electron chi connectivity index (χ3n) is 6.28. The predicted octanol–water partition coefficient (Wildman–Crippen LogP) is 4.53. The van der Waals surface area contributed by atoms with Gasteiger partial charge in [0.25, 0.3) is 0 Å². The zero-order valence-electron chi connectivity index (χ0n) is 22.2. The number of benzene rings is 2. The second-order valence-electron chi connectivity index (χ2n) is 10.5. The number of hydrogen-bond donors (Lipinski definition) is 0. The van der Waals surface area contributed by atoms with Gasteiger partial charge in [0.15, 0.2) is 11.0 Å². The number of methoxy groups -OCH3 is 1. The minimum absolute atomic E-state index is 0.00909. The first-order chi connectivity index (χ1) is 17.7. The van der Waals surface area contributed by atoms with E-state index in [0.29, 0.717) is 37.0 Å². The van der Waals surface area contributed by atoms with Crippen molar-refractivity contribution in [2.24, 2.45) is 5.41 Å². The summed E-state index contributed by atoms with van der Waals surface area (Å²) < 4.78 is 7.36. The number of hydrogen-bond acceptors (Lipinski definition) is 6. The maximum Gasteiger partial charge on any atom is 0.233 e. The van der Waals surface area contributed by atoms with Crippen molar-refractivity contribution in [1.29, 1.82) is 0 Å². The Bertz CT molecular complexity index is 1240. The highest BCUT2D eigenvalue weighted by Crippen LogP contribution is 2.30. The third kappa shape index (κ3) is 6.52. The Morgan fingerprint density at radius 1 is 1.03 bits per heavy atom. The molecule has 0 aliphatic carbocycles. The van der Waals surface area contributed by atoms with Crippen LogP contribution in [-0.2, 0) is 9.59 Å². The molecule has 1 aliphatic heterocycles. The van der Waals surface area contributed by atoms with Crippen LogP contribution in [0.25, 0.3) is 17.1 Å². The van der Waals surface area contributed by atoms with Crippen LogP contribution in [-0.4, -0.2) is 74.9 Å². The molecule has 0 bridgehead atoms. The first kappa shape index (κ1) is 26.7. The minimum Gasteiger partial charge on any atom is -0.497 e. The highest BCUT2D eigenvalue weighted by molar-refractivity contribution is 7.99. The first-order valence-corrected chi connectivity index (χ1v) is 13.5. The Hall–Kier alpha value is -3.33. The molecule has 4 rings (SSSR count). The number of rotatable bonds is 7. The number of amides is 2. The van der Waals surface area contributed by atoms with Crippen molar-refractivity contribution in [2.45, 2.75) is 45.3 Å². The van der Waals surface area contributed by atoms with E-state index in [1.54, 1.807) is 7.11 Å². The van der Waals surface area contributed by atoms with Crippen LogP contribution < -0.4 is 4.74 Å². The van der Waals surface area contributed by atoms with Crippen LogP contribution in [0.4, 0.5) is 0 Å². The molecule has 8 nitrogen and oxygen atoms in total. The quantitative estimate of drug-likeness (QED) is 0.425. The van der Waals surface area contributed by atoms with Crippen molar-refractivity contribution in [3.63, 3.8) is 0 Å². The molecule has 1 fully saturated rings. The molecule has 3 aromatic rings. The lowest BCUT2D eigenvalue weighted by atomic mass is 9.91. The predicted molar refractivity (Wildman–Crippen MR) is 146 cm³/mol. The van der Waals surface area contributed by atoms with Gasteiger partial charge in [0.2, 0.25) is 11.8 Å². The Morgan fingerprint density at radius 2 is 1.78 bits per heavy atom. The molecule has 37 heavy (non-hydrogen) atoms. The van der Waals surface area contributed by atoms with E-state index in [1.165, 1.54) is 11.8 Å². The van der Waals surface area contributed by atoms with Crippen LogP contribution in [0.5, 0.6) is 5.75 Å². The maximum absolute atomic E-state index is 13.2. The van der Waals surface area contributed by atoms with Crippen LogP contribution in [0.1, 0.15) is 34.1 Å². The smallest absolute Gasteiger partial charge is 0.233 e. The zero-order valence-corrected chi connectivity index (χ0v) is 23.0. The maximum atomic E-state index is 13.2. The fraction of sp³-hybridized carbons (Fsp3) is 0.429. The summed E-state index contributed by atoms with van der Waals surface area (Å²) in [5.41, 5.74) is 1.73. The Morgan fingerprint density at radius 3 is 2.46 bits per heavy atom. The lowest BCUT2D eigenvalue weighted by molar-refractivity contribution is -0.142. The van der Waals surface area contributed by atoms with Gasteiger partial charge in [-0.05, 0) is 36.6 Å². The Balaban J connectivity index is 1.47. The van der Waals surface area contributed by atoms with Gasteiger partial charge >= 0.3 is 0 Å². The van der Waals surface area contributed by atoms with Crippen LogP contribution in [0, 0.1) is 5.41 Å². The van der Waals surface area contributed by atoms with E-state index in [1.807, 2.05) is 75.9 Å². The number of carbonyl (C=O) groups is 2. The van der Waals surface area contributed by atoms with Crippen LogP contribution >= 0.6 is 11.8 Å². The van der Waals surface area contributed by atoms with E-state index in [2.05, 4.69) is 31.0 Å². The van der Waals surface area contributed by atoms with Crippen molar-refractivity contribution in [2.75, 3.05) is 32.5 Å². The van der Waals surface area contributed by atoms with Gasteiger partial charge in [-0.25, -0.2) is 0 Å². The van der Waals surface area contributed by atoms with Crippen molar-refractivity contribution in [1.82, 2.24) is 24.6 Å². The monoisotopic (exact) mass is 521 g/mol. The van der Waals surface area contributed by atoms with Crippen molar-refractivity contribution in [3.8, 4) is 22.8 Å². The van der Waals surface area contributed by atoms with Gasteiger partial charge in [0, 0.05) is 43.3 Å². The molecule has 1 aromatic heterocycles. The summed E-state index contributed by atoms with van der Waals surface area (Å²) in [6.07, 6.45) is 0.506. The van der Waals surface area contributed by atoms with E-state index < -0.39 is 0 Å². The Labute approximate surface area is 223 Å². The molecule has 1 saturated heterocycles. The average Bonchev–Trinajstić information content (AvgIpc) is 3.30. The van der Waals surface area contributed by atoms with Gasteiger partial charge in [0.05, 0.1) is 12.9 Å². The van der Waals surface area contributed by atoms with Crippen molar-refractivity contribution in [3.05, 3.63) is 54.6 Å². The average molecular weight is 522 g/mol. The molecule has 0 saturated carbocycles. The number of carbonyl (C=O) groups excluding carboxylic acids is 2. The summed E-state index contributed by atoms with van der Waals surface area (Å²) in [4.78, 5) is 29.7. The fourth-order valence-corrected chi connectivity index (χ4v) is 5.30. The second kappa shape index (κ2) is 11.4. The molecule has 2 aromatic carbocycles. The standard InChI is InChI=1S/C28H35N5O3S/c1-20-18-31(14-15-32(20)24(34)17-28(2,3)4)25(35)19-37-27-30-29-26(21-10-9-13-23(16-21)36-5)33(27)22-11-7-6-8-12-22/h6-13,16,20H,14-15,17-19H2,1-5H3. The number of para-hydroxylation sites is 1. The molecule has 0 N–H and O–H groups in total. The molecule has 1 unspecified atom stereocenters. The summed E-state index contributed by atoms with van der Waals surface area (Å²) in [5.74, 6) is 1.84. The molecular formula is C28H35N5O3S. The van der Waals surface area contributed by atoms with Crippen LogP contribution in [0.3, 0.4) is 0 Å². The number of ether oxygens (including phenoxy) is 1. The number of thioether (sulfide) groups is 1. The topological polar surface area (TPSA) is 80.6 Å². The largest absolute Gasteiger partial charge is 0.497 e. The van der Waals surface area contributed by atoms with E-state index in [4.69, 9.17) is 4.74 Å². The normalized spacial score (nSPS) is 16.1. The molecule has 0 radical (unpaired) electrons.